The largest absolute Gasteiger partial charge is 1.00 e. The van der Waals surface area contributed by atoms with Gasteiger partial charge < -0.3 is 24.7 Å². The normalized spacial score (nSPS) is 14.5. The standard InChI is InChI=1S/C24H27N3O7S.Na/c1-33-20-9-5-18(6-10-20)23(28)25-19-7-11-21(12-8-19)35(31,32)26-22(24(29)30)4-2-3-13-27-14-16-34-17-15-27;/h5-12,22,26H,4,13-17H2,1H3,(H,25,28)(H,29,30);/q;+1/p-1. The van der Waals surface area contributed by atoms with E-state index in [-0.39, 0.29) is 46.8 Å². The van der Waals surface area contributed by atoms with E-state index in [1.165, 1.54) is 31.4 Å². The molecule has 3 rings (SSSR count). The van der Waals surface area contributed by atoms with E-state index in [9.17, 15) is 23.1 Å². The van der Waals surface area contributed by atoms with Gasteiger partial charge in [-0.05, 0) is 48.5 Å². The van der Waals surface area contributed by atoms with Crippen molar-refractivity contribution in [2.75, 3.05) is 45.3 Å². The van der Waals surface area contributed by atoms with Crippen molar-refractivity contribution >= 4 is 27.6 Å². The molecular formula is C24H26N3NaO7S. The number of anilines is 1. The number of sulfonamides is 1. The Bertz CT molecular complexity index is 1190. The van der Waals surface area contributed by atoms with Crippen LogP contribution >= 0.6 is 0 Å². The van der Waals surface area contributed by atoms with Crippen LogP contribution in [0.2, 0.25) is 0 Å². The molecule has 1 unspecified atom stereocenters. The molecule has 0 spiro atoms. The van der Waals surface area contributed by atoms with Crippen LogP contribution in [0.1, 0.15) is 16.8 Å². The number of rotatable bonds is 9. The van der Waals surface area contributed by atoms with Crippen LogP contribution in [0.4, 0.5) is 5.69 Å². The Morgan fingerprint density at radius 3 is 2.31 bits per heavy atom. The molecule has 1 aliphatic heterocycles. The Morgan fingerprint density at radius 1 is 1.08 bits per heavy atom. The molecule has 1 fully saturated rings. The number of amides is 1. The molecular weight excluding hydrogens is 497 g/mol. The molecule has 12 heteroatoms. The van der Waals surface area contributed by atoms with E-state index in [2.05, 4.69) is 26.8 Å². The van der Waals surface area contributed by atoms with Gasteiger partial charge in [0.15, 0.2) is 0 Å². The van der Waals surface area contributed by atoms with Gasteiger partial charge in [0.05, 0.1) is 43.8 Å². The first kappa shape index (κ1) is 29.8. The zero-order chi connectivity index (χ0) is 25.3. The molecule has 0 aromatic heterocycles. The number of nitrogens with zero attached hydrogens (tertiary/aromatic N) is 1. The van der Waals surface area contributed by atoms with E-state index >= 15 is 0 Å². The number of carbonyl (C=O) groups excluding carboxylic acids is 2. The van der Waals surface area contributed by atoms with Crippen molar-refractivity contribution in [2.45, 2.75) is 17.4 Å². The molecule has 1 saturated heterocycles. The van der Waals surface area contributed by atoms with Crippen LogP contribution in [-0.2, 0) is 19.6 Å². The molecule has 0 bridgehead atoms. The maximum absolute atomic E-state index is 12.7. The quantitative estimate of drug-likeness (QED) is 0.263. The number of carboxylic acids is 1. The Hall–Kier alpha value is -2.43. The van der Waals surface area contributed by atoms with Crippen LogP contribution in [0.5, 0.6) is 5.75 Å². The Balaban J connectivity index is 0.00000456. The van der Waals surface area contributed by atoms with Gasteiger partial charge in [0.1, 0.15) is 5.75 Å². The Morgan fingerprint density at radius 2 is 1.72 bits per heavy atom. The van der Waals surface area contributed by atoms with Crippen LogP contribution in [0.15, 0.2) is 53.4 Å². The van der Waals surface area contributed by atoms with Crippen molar-refractivity contribution in [3.63, 3.8) is 0 Å². The second-order valence-corrected chi connectivity index (χ2v) is 9.36. The number of morpholine rings is 1. The molecule has 0 saturated carbocycles. The van der Waals surface area contributed by atoms with Crippen molar-refractivity contribution in [3.05, 3.63) is 54.1 Å². The average Bonchev–Trinajstić information content (AvgIpc) is 2.86. The summed E-state index contributed by atoms with van der Waals surface area (Å²) in [6, 6.07) is 10.3. The number of methoxy groups -OCH3 is 1. The van der Waals surface area contributed by atoms with E-state index in [1.54, 1.807) is 24.3 Å². The number of carboxylic acid groups (broad SMARTS) is 1. The fourth-order valence-electron chi connectivity index (χ4n) is 3.19. The monoisotopic (exact) mass is 523 g/mol. The minimum atomic E-state index is -4.16. The first-order chi connectivity index (χ1) is 16.8. The van der Waals surface area contributed by atoms with E-state index in [4.69, 9.17) is 9.47 Å². The SMILES string of the molecule is COc1ccc(C(=O)Nc2ccc(S(=O)(=O)NC(CC#CCN3CCOCC3)C(=O)[O-])cc2)cc1.[Na+]. The topological polar surface area (TPSA) is 137 Å². The zero-order valence-corrected chi connectivity index (χ0v) is 23.0. The number of benzene rings is 2. The molecule has 186 valence electrons. The summed E-state index contributed by atoms with van der Waals surface area (Å²) in [5.41, 5.74) is 0.769. The number of aliphatic carboxylic acids is 1. The average molecular weight is 524 g/mol. The van der Waals surface area contributed by atoms with Gasteiger partial charge in [0, 0.05) is 30.8 Å². The summed E-state index contributed by atoms with van der Waals surface area (Å²) < 4.78 is 37.8. The summed E-state index contributed by atoms with van der Waals surface area (Å²) in [6.07, 6.45) is -0.234. The van der Waals surface area contributed by atoms with Crippen LogP contribution in [0.3, 0.4) is 0 Å². The van der Waals surface area contributed by atoms with E-state index < -0.39 is 22.0 Å². The van der Waals surface area contributed by atoms with Crippen LogP contribution in [0, 0.1) is 11.8 Å². The molecule has 0 aliphatic carbocycles. The van der Waals surface area contributed by atoms with Gasteiger partial charge >= 0.3 is 29.6 Å². The van der Waals surface area contributed by atoms with Crippen LogP contribution < -0.4 is 49.4 Å². The van der Waals surface area contributed by atoms with Gasteiger partial charge in [-0.1, -0.05) is 11.8 Å². The molecule has 1 aliphatic rings. The first-order valence-electron chi connectivity index (χ1n) is 10.8. The van der Waals surface area contributed by atoms with Gasteiger partial charge in [-0.15, -0.1) is 0 Å². The summed E-state index contributed by atoms with van der Waals surface area (Å²) in [7, 11) is -2.64. The maximum atomic E-state index is 12.7. The third kappa shape index (κ3) is 8.90. The number of hydrogen-bond donors (Lipinski definition) is 2. The predicted molar refractivity (Wildman–Crippen MR) is 126 cm³/mol. The summed E-state index contributed by atoms with van der Waals surface area (Å²) in [4.78, 5) is 25.7. The third-order valence-electron chi connectivity index (χ3n) is 5.19. The number of ether oxygens (including phenoxy) is 2. The van der Waals surface area contributed by atoms with Crippen LogP contribution in [0.25, 0.3) is 0 Å². The van der Waals surface area contributed by atoms with Crippen molar-refractivity contribution in [1.82, 2.24) is 9.62 Å². The van der Waals surface area contributed by atoms with E-state index in [1.807, 2.05) is 0 Å². The molecule has 2 aromatic rings. The molecule has 0 radical (unpaired) electrons. The third-order valence-corrected chi connectivity index (χ3v) is 6.68. The summed E-state index contributed by atoms with van der Waals surface area (Å²) in [6.45, 7) is 3.16. The van der Waals surface area contributed by atoms with Crippen molar-refractivity contribution < 1.29 is 62.1 Å². The summed E-state index contributed by atoms with van der Waals surface area (Å²) in [5, 5.41) is 14.1. The molecule has 2 N–H and O–H groups in total. The predicted octanol–water partition coefficient (Wildman–Crippen LogP) is -2.93. The van der Waals surface area contributed by atoms with E-state index in [0.717, 1.165) is 13.1 Å². The number of nitrogens with one attached hydrogen (secondary N) is 2. The van der Waals surface area contributed by atoms with Crippen molar-refractivity contribution in [3.8, 4) is 17.6 Å². The zero-order valence-electron chi connectivity index (χ0n) is 20.2. The molecule has 10 nitrogen and oxygen atoms in total. The van der Waals surface area contributed by atoms with E-state index in [0.29, 0.717) is 36.8 Å². The second-order valence-electron chi connectivity index (χ2n) is 7.65. The minimum Gasteiger partial charge on any atom is -0.548 e. The van der Waals surface area contributed by atoms with Crippen molar-refractivity contribution in [2.24, 2.45) is 0 Å². The van der Waals surface area contributed by atoms with Gasteiger partial charge in [0.25, 0.3) is 5.91 Å². The number of carbonyl (C=O) groups is 2. The maximum Gasteiger partial charge on any atom is 1.00 e. The summed E-state index contributed by atoms with van der Waals surface area (Å²) in [5.74, 6) is 4.23. The second kappa shape index (κ2) is 14.3. The molecule has 1 heterocycles. The Kier molecular flexibility index (Phi) is 11.9. The first-order valence-corrected chi connectivity index (χ1v) is 12.3. The van der Waals surface area contributed by atoms with Crippen molar-refractivity contribution in [1.29, 1.82) is 0 Å². The fourth-order valence-corrected chi connectivity index (χ4v) is 4.38. The van der Waals surface area contributed by atoms with Gasteiger partial charge in [-0.25, -0.2) is 13.1 Å². The molecule has 1 amide bonds. The minimum absolute atomic E-state index is 0. The number of hydrogen-bond acceptors (Lipinski definition) is 8. The molecule has 36 heavy (non-hydrogen) atoms. The summed E-state index contributed by atoms with van der Waals surface area (Å²) >= 11 is 0. The van der Waals surface area contributed by atoms with Gasteiger partial charge in [0.2, 0.25) is 10.0 Å². The van der Waals surface area contributed by atoms with Gasteiger partial charge in [-0.3, -0.25) is 9.69 Å². The van der Waals surface area contributed by atoms with Gasteiger partial charge in [-0.2, -0.15) is 0 Å². The molecule has 1 atom stereocenters. The fraction of sp³-hybridized carbons (Fsp3) is 0.333. The molecule has 2 aromatic carbocycles. The Labute approximate surface area is 232 Å². The van der Waals surface area contributed by atoms with Crippen LogP contribution in [-0.4, -0.2) is 71.2 Å². The smallest absolute Gasteiger partial charge is 0.548 e.